The maximum absolute atomic E-state index is 12.4. The summed E-state index contributed by atoms with van der Waals surface area (Å²) in [6.07, 6.45) is -0.249. The zero-order chi connectivity index (χ0) is 18.3. The highest BCUT2D eigenvalue weighted by atomic mass is 35.5. The van der Waals surface area contributed by atoms with Crippen molar-refractivity contribution in [2.45, 2.75) is 13.0 Å². The molecule has 2 heterocycles. The Morgan fingerprint density at radius 3 is 2.77 bits per heavy atom. The fourth-order valence-corrected chi connectivity index (χ4v) is 3.57. The number of ketones is 1. The zero-order valence-corrected chi connectivity index (χ0v) is 14.9. The smallest absolute Gasteiger partial charge is 0.197 e. The maximum Gasteiger partial charge on any atom is 0.197 e. The first-order valence-electron chi connectivity index (χ1n) is 7.80. The summed E-state index contributed by atoms with van der Waals surface area (Å²) in [7, 11) is 0. The molecule has 0 spiro atoms. The number of nitrogens with zero attached hydrogens (tertiary/aromatic N) is 3. The highest BCUT2D eigenvalue weighted by Crippen LogP contribution is 2.45. The van der Waals surface area contributed by atoms with Crippen LogP contribution in [0.1, 0.15) is 22.5 Å². The molecule has 0 fully saturated rings. The van der Waals surface area contributed by atoms with Crippen molar-refractivity contribution >= 4 is 29.0 Å². The van der Waals surface area contributed by atoms with E-state index in [4.69, 9.17) is 33.2 Å². The molecule has 0 unspecified atom stereocenters. The average molecular weight is 384 g/mol. The van der Waals surface area contributed by atoms with Gasteiger partial charge in [0.1, 0.15) is 24.5 Å². The molecule has 0 aliphatic carbocycles. The van der Waals surface area contributed by atoms with Gasteiger partial charge in [0.2, 0.25) is 0 Å². The van der Waals surface area contributed by atoms with Crippen molar-refractivity contribution in [1.29, 1.82) is 5.26 Å². The Labute approximate surface area is 159 Å². The van der Waals surface area contributed by atoms with E-state index in [9.17, 15) is 4.79 Å². The number of carbonyl (C=O) groups is 1. The van der Waals surface area contributed by atoms with Crippen LogP contribution in [0.4, 0.5) is 0 Å². The Hall–Kier alpha value is -2.81. The fourth-order valence-electron chi connectivity index (χ4n) is 3.03. The molecule has 5 nitrogen and oxygen atoms in total. The molecule has 3 aromatic rings. The number of hydrogen-bond donors (Lipinski definition) is 0. The quantitative estimate of drug-likeness (QED) is 0.607. The van der Waals surface area contributed by atoms with Crippen LogP contribution in [-0.4, -0.2) is 15.6 Å². The van der Waals surface area contributed by atoms with Gasteiger partial charge >= 0.3 is 0 Å². The normalized spacial score (nSPS) is 11.9. The van der Waals surface area contributed by atoms with Gasteiger partial charge in [-0.2, -0.15) is 10.4 Å². The fraction of sp³-hybridized carbons (Fsp3) is 0.105. The zero-order valence-electron chi connectivity index (χ0n) is 13.4. The van der Waals surface area contributed by atoms with E-state index in [1.165, 1.54) is 0 Å². The second-order valence-corrected chi connectivity index (χ2v) is 6.58. The number of benzene rings is 2. The molecule has 4 rings (SSSR count). The molecule has 0 saturated carbocycles. The molecule has 26 heavy (non-hydrogen) atoms. The van der Waals surface area contributed by atoms with Crippen LogP contribution in [0.5, 0.6) is 5.75 Å². The van der Waals surface area contributed by atoms with E-state index < -0.39 is 0 Å². The van der Waals surface area contributed by atoms with Crippen LogP contribution < -0.4 is 4.74 Å². The molecule has 0 saturated heterocycles. The predicted octanol–water partition coefficient (Wildman–Crippen LogP) is 4.83. The molecular weight excluding hydrogens is 373 g/mol. The van der Waals surface area contributed by atoms with Gasteiger partial charge in [0.05, 0.1) is 22.5 Å². The number of hydrogen-bond acceptors (Lipinski definition) is 4. The van der Waals surface area contributed by atoms with Gasteiger partial charge < -0.3 is 4.74 Å². The standard InChI is InChI=1S/C19H11Cl2N3O2/c20-11-8-13-18-14(10-26-19(13)15(21)9-11)17(16(25)6-7-22)23-24(18)12-4-2-1-3-5-12/h1-5,8-9H,6,10H2. The first kappa shape index (κ1) is 16.6. The van der Waals surface area contributed by atoms with Crippen molar-refractivity contribution in [2.75, 3.05) is 0 Å². The summed E-state index contributed by atoms with van der Waals surface area (Å²) < 4.78 is 7.45. The summed E-state index contributed by atoms with van der Waals surface area (Å²) in [4.78, 5) is 12.4. The lowest BCUT2D eigenvalue weighted by molar-refractivity contribution is 0.0990. The number of aromatic nitrogens is 2. The van der Waals surface area contributed by atoms with E-state index >= 15 is 0 Å². The summed E-state index contributed by atoms with van der Waals surface area (Å²) in [5, 5.41) is 14.2. The van der Waals surface area contributed by atoms with Gasteiger partial charge in [-0.15, -0.1) is 0 Å². The molecule has 0 bridgehead atoms. The monoisotopic (exact) mass is 383 g/mol. The molecule has 2 aromatic carbocycles. The van der Waals surface area contributed by atoms with Gasteiger partial charge in [-0.25, -0.2) is 4.68 Å². The van der Waals surface area contributed by atoms with Crippen LogP contribution in [-0.2, 0) is 6.61 Å². The number of carbonyl (C=O) groups excluding carboxylic acids is 1. The van der Waals surface area contributed by atoms with Crippen molar-refractivity contribution in [3.63, 3.8) is 0 Å². The summed E-state index contributed by atoms with van der Waals surface area (Å²) in [5.74, 6) is 0.151. The Morgan fingerprint density at radius 2 is 2.04 bits per heavy atom. The Balaban J connectivity index is 2.03. The molecule has 1 aliphatic heterocycles. The van der Waals surface area contributed by atoms with Crippen LogP contribution >= 0.6 is 23.2 Å². The molecule has 0 radical (unpaired) electrons. The van der Waals surface area contributed by atoms with Gasteiger partial charge in [0, 0.05) is 16.1 Å². The number of halogens is 2. The van der Waals surface area contributed by atoms with E-state index in [-0.39, 0.29) is 24.5 Å². The molecule has 0 amide bonds. The van der Waals surface area contributed by atoms with Crippen LogP contribution in [0.3, 0.4) is 0 Å². The van der Waals surface area contributed by atoms with Gasteiger partial charge in [-0.05, 0) is 24.3 Å². The van der Waals surface area contributed by atoms with Crippen LogP contribution in [0.25, 0.3) is 16.9 Å². The first-order valence-corrected chi connectivity index (χ1v) is 8.55. The molecule has 0 atom stereocenters. The Morgan fingerprint density at radius 1 is 1.27 bits per heavy atom. The largest absolute Gasteiger partial charge is 0.486 e. The molecule has 128 valence electrons. The number of fused-ring (bicyclic) bond motifs is 3. The first-order chi connectivity index (χ1) is 12.6. The summed E-state index contributed by atoms with van der Waals surface area (Å²) in [6, 6.07) is 14.6. The van der Waals surface area contributed by atoms with Gasteiger partial charge in [-0.3, -0.25) is 4.79 Å². The van der Waals surface area contributed by atoms with Crippen molar-refractivity contribution in [1.82, 2.24) is 9.78 Å². The third-order valence-electron chi connectivity index (χ3n) is 4.11. The Kier molecular flexibility index (Phi) is 4.15. The van der Waals surface area contributed by atoms with E-state index in [0.29, 0.717) is 32.6 Å². The molecule has 0 N–H and O–H groups in total. The van der Waals surface area contributed by atoms with Crippen molar-refractivity contribution in [2.24, 2.45) is 0 Å². The van der Waals surface area contributed by atoms with Crippen LogP contribution in [0.15, 0.2) is 42.5 Å². The number of Topliss-reactive ketones (excluding diaryl/α,β-unsaturated/α-hetero) is 1. The highest BCUT2D eigenvalue weighted by molar-refractivity contribution is 6.36. The van der Waals surface area contributed by atoms with Crippen LogP contribution in [0.2, 0.25) is 10.0 Å². The third-order valence-corrected chi connectivity index (χ3v) is 4.61. The maximum atomic E-state index is 12.4. The predicted molar refractivity (Wildman–Crippen MR) is 97.9 cm³/mol. The lowest BCUT2D eigenvalue weighted by Gasteiger charge is -2.21. The van der Waals surface area contributed by atoms with E-state index in [1.807, 2.05) is 36.4 Å². The summed E-state index contributed by atoms with van der Waals surface area (Å²) in [6.45, 7) is 0.142. The Bertz CT molecular complexity index is 1070. The van der Waals surface area contributed by atoms with Gasteiger partial charge in [-0.1, -0.05) is 41.4 Å². The molecule has 1 aromatic heterocycles. The topological polar surface area (TPSA) is 67.9 Å². The minimum Gasteiger partial charge on any atom is -0.486 e. The minimum atomic E-state index is -0.349. The van der Waals surface area contributed by atoms with Crippen LogP contribution in [0, 0.1) is 11.3 Å². The molecular formula is C19H11Cl2N3O2. The van der Waals surface area contributed by atoms with Gasteiger partial charge in [0.25, 0.3) is 0 Å². The van der Waals surface area contributed by atoms with Gasteiger partial charge in [0.15, 0.2) is 5.78 Å². The van der Waals surface area contributed by atoms with Crippen molar-refractivity contribution < 1.29 is 9.53 Å². The average Bonchev–Trinajstić information content (AvgIpc) is 3.03. The molecule has 7 heteroatoms. The van der Waals surface area contributed by atoms with E-state index in [2.05, 4.69) is 5.10 Å². The minimum absolute atomic E-state index is 0.142. The van der Waals surface area contributed by atoms with Crippen molar-refractivity contribution in [3.8, 4) is 28.8 Å². The van der Waals surface area contributed by atoms with E-state index in [0.717, 1.165) is 5.69 Å². The summed E-state index contributed by atoms with van der Waals surface area (Å²) in [5.41, 5.74) is 3.00. The second kappa shape index (κ2) is 6.49. The highest BCUT2D eigenvalue weighted by Gasteiger charge is 2.31. The number of nitriles is 1. The molecule has 1 aliphatic rings. The lowest BCUT2D eigenvalue weighted by atomic mass is 10.0. The second-order valence-electron chi connectivity index (χ2n) is 5.73. The number of ether oxygens (including phenoxy) is 1. The SMILES string of the molecule is N#CCC(=O)c1nn(-c2ccccc2)c2c1COc1c(Cl)cc(Cl)cc1-2. The third kappa shape index (κ3) is 2.64. The number of para-hydroxylation sites is 1. The summed E-state index contributed by atoms with van der Waals surface area (Å²) >= 11 is 12.5. The number of rotatable bonds is 3. The lowest BCUT2D eigenvalue weighted by Crippen LogP contribution is -2.10. The van der Waals surface area contributed by atoms with Crippen molar-refractivity contribution in [3.05, 3.63) is 63.8 Å². The van der Waals surface area contributed by atoms with E-state index in [1.54, 1.807) is 16.8 Å².